The number of aliphatic carboxylic acids is 1. The number of carboxylic acids is 1. The first kappa shape index (κ1) is 14.6. The van der Waals surface area contributed by atoms with Crippen molar-refractivity contribution in [3.63, 3.8) is 0 Å². The lowest BCUT2D eigenvalue weighted by atomic mass is 9.82. The van der Waals surface area contributed by atoms with Gasteiger partial charge in [-0.05, 0) is 34.7 Å². The van der Waals surface area contributed by atoms with Crippen LogP contribution in [0.5, 0.6) is 0 Å². The Balaban J connectivity index is 2.21. The average Bonchev–Trinajstić information content (AvgIpc) is 3.08. The summed E-state index contributed by atoms with van der Waals surface area (Å²) < 4.78 is 1.63. The van der Waals surface area contributed by atoms with E-state index in [-0.39, 0.29) is 0 Å². The van der Waals surface area contributed by atoms with Gasteiger partial charge in [-0.2, -0.15) is 0 Å². The maximum absolute atomic E-state index is 11.6. The van der Waals surface area contributed by atoms with Crippen LogP contribution in [0.25, 0.3) is 0 Å². The standard InChI is InChI=1S/C13H18N4O2S/c1-3-13(4-2,12(18)19)9-17-11(14-15-16-17)8-10-6-5-7-20-10/h5-7H,3-4,8-9H2,1-2H3,(H,18,19). The third-order valence-electron chi connectivity index (χ3n) is 3.78. The van der Waals surface area contributed by atoms with E-state index in [1.807, 2.05) is 31.4 Å². The van der Waals surface area contributed by atoms with Gasteiger partial charge in [0.2, 0.25) is 0 Å². The lowest BCUT2D eigenvalue weighted by molar-refractivity contribution is -0.150. The second kappa shape index (κ2) is 6.13. The van der Waals surface area contributed by atoms with Crippen molar-refractivity contribution in [2.24, 2.45) is 5.41 Å². The van der Waals surface area contributed by atoms with Gasteiger partial charge >= 0.3 is 5.97 Å². The van der Waals surface area contributed by atoms with Crippen LogP contribution < -0.4 is 0 Å². The molecule has 0 aliphatic heterocycles. The first-order valence-corrected chi connectivity index (χ1v) is 7.50. The lowest BCUT2D eigenvalue weighted by Crippen LogP contribution is -2.35. The molecule has 2 heterocycles. The number of tetrazole rings is 1. The number of aromatic nitrogens is 4. The van der Waals surface area contributed by atoms with Gasteiger partial charge in [0.1, 0.15) is 0 Å². The molecule has 0 atom stereocenters. The van der Waals surface area contributed by atoms with Gasteiger partial charge in [0, 0.05) is 11.3 Å². The van der Waals surface area contributed by atoms with Crippen LogP contribution in [0.3, 0.4) is 0 Å². The molecule has 6 nitrogen and oxygen atoms in total. The van der Waals surface area contributed by atoms with Crippen molar-refractivity contribution in [1.29, 1.82) is 0 Å². The minimum atomic E-state index is -0.806. The smallest absolute Gasteiger partial charge is 0.311 e. The molecule has 2 aromatic rings. The molecule has 2 rings (SSSR count). The van der Waals surface area contributed by atoms with E-state index >= 15 is 0 Å². The number of hydrogen-bond donors (Lipinski definition) is 1. The van der Waals surface area contributed by atoms with Gasteiger partial charge < -0.3 is 5.11 Å². The second-order valence-corrected chi connectivity index (χ2v) is 5.83. The SMILES string of the molecule is CCC(CC)(Cn1nnnc1Cc1cccs1)C(=O)O. The van der Waals surface area contributed by atoms with Gasteiger partial charge in [0.15, 0.2) is 5.82 Å². The summed E-state index contributed by atoms with van der Waals surface area (Å²) in [4.78, 5) is 12.7. The summed E-state index contributed by atoms with van der Waals surface area (Å²) in [5, 5.41) is 23.2. The quantitative estimate of drug-likeness (QED) is 0.846. The molecule has 20 heavy (non-hydrogen) atoms. The number of rotatable bonds is 7. The maximum Gasteiger partial charge on any atom is 0.311 e. The van der Waals surface area contributed by atoms with E-state index in [0.717, 1.165) is 4.88 Å². The van der Waals surface area contributed by atoms with Crippen LogP contribution in [0.15, 0.2) is 17.5 Å². The van der Waals surface area contributed by atoms with Crippen LogP contribution in [-0.2, 0) is 17.8 Å². The molecule has 0 saturated heterocycles. The molecule has 0 radical (unpaired) electrons. The van der Waals surface area contributed by atoms with Crippen LogP contribution in [-0.4, -0.2) is 31.3 Å². The van der Waals surface area contributed by atoms with Crippen molar-refractivity contribution < 1.29 is 9.90 Å². The molecule has 0 bridgehead atoms. The van der Waals surface area contributed by atoms with Gasteiger partial charge in [0.25, 0.3) is 0 Å². The zero-order chi connectivity index (χ0) is 14.6. The van der Waals surface area contributed by atoms with Gasteiger partial charge in [0.05, 0.1) is 12.0 Å². The van der Waals surface area contributed by atoms with Crippen LogP contribution in [0, 0.1) is 5.41 Å². The van der Waals surface area contributed by atoms with Crippen molar-refractivity contribution in [1.82, 2.24) is 20.2 Å². The summed E-state index contributed by atoms with van der Waals surface area (Å²) in [6, 6.07) is 4.00. The molecule has 0 amide bonds. The summed E-state index contributed by atoms with van der Waals surface area (Å²) in [6.45, 7) is 4.09. The van der Waals surface area contributed by atoms with E-state index in [4.69, 9.17) is 0 Å². The molecule has 0 saturated carbocycles. The van der Waals surface area contributed by atoms with Crippen molar-refractivity contribution >= 4 is 17.3 Å². The van der Waals surface area contributed by atoms with E-state index in [1.54, 1.807) is 16.0 Å². The Bertz CT molecular complexity index is 561. The second-order valence-electron chi connectivity index (χ2n) is 4.80. The Labute approximate surface area is 121 Å². The zero-order valence-corrected chi connectivity index (χ0v) is 12.4. The van der Waals surface area contributed by atoms with Crippen molar-refractivity contribution in [3.05, 3.63) is 28.2 Å². The fraction of sp³-hybridized carbons (Fsp3) is 0.538. The van der Waals surface area contributed by atoms with E-state index < -0.39 is 11.4 Å². The minimum Gasteiger partial charge on any atom is -0.481 e. The average molecular weight is 294 g/mol. The van der Waals surface area contributed by atoms with Crippen LogP contribution in [0.2, 0.25) is 0 Å². The minimum absolute atomic E-state index is 0.309. The largest absolute Gasteiger partial charge is 0.481 e. The molecule has 0 unspecified atom stereocenters. The molecular weight excluding hydrogens is 276 g/mol. The van der Waals surface area contributed by atoms with E-state index in [2.05, 4.69) is 15.5 Å². The van der Waals surface area contributed by atoms with Gasteiger partial charge in [-0.15, -0.1) is 16.4 Å². The Morgan fingerprint density at radius 2 is 2.20 bits per heavy atom. The zero-order valence-electron chi connectivity index (χ0n) is 11.6. The monoisotopic (exact) mass is 294 g/mol. The highest BCUT2D eigenvalue weighted by molar-refractivity contribution is 7.09. The van der Waals surface area contributed by atoms with Gasteiger partial charge in [-0.25, -0.2) is 4.68 Å². The first-order chi connectivity index (χ1) is 9.61. The van der Waals surface area contributed by atoms with E-state index in [9.17, 15) is 9.90 Å². The molecule has 2 aromatic heterocycles. The summed E-state index contributed by atoms with van der Waals surface area (Å²) in [7, 11) is 0. The number of carbonyl (C=O) groups is 1. The first-order valence-electron chi connectivity index (χ1n) is 6.62. The Morgan fingerprint density at radius 1 is 1.45 bits per heavy atom. The number of thiophene rings is 1. The topological polar surface area (TPSA) is 80.9 Å². The molecule has 0 aromatic carbocycles. The summed E-state index contributed by atoms with van der Waals surface area (Å²) >= 11 is 1.64. The maximum atomic E-state index is 11.6. The molecule has 0 spiro atoms. The summed E-state index contributed by atoms with van der Waals surface area (Å²) in [5.74, 6) is -0.0833. The van der Waals surface area contributed by atoms with E-state index in [1.165, 1.54) is 0 Å². The highest BCUT2D eigenvalue weighted by Crippen LogP contribution is 2.29. The Morgan fingerprint density at radius 3 is 2.75 bits per heavy atom. The Hall–Kier alpha value is -1.76. The Kier molecular flexibility index (Phi) is 4.49. The molecular formula is C13H18N4O2S. The molecule has 7 heteroatoms. The number of carboxylic acid groups (broad SMARTS) is 1. The number of hydrogen-bond acceptors (Lipinski definition) is 5. The number of nitrogens with zero attached hydrogens (tertiary/aromatic N) is 4. The summed E-state index contributed by atoms with van der Waals surface area (Å²) in [5.41, 5.74) is -0.806. The summed E-state index contributed by atoms with van der Waals surface area (Å²) in [6.07, 6.45) is 1.74. The normalized spacial score (nSPS) is 11.7. The van der Waals surface area contributed by atoms with Crippen molar-refractivity contribution in [2.75, 3.05) is 0 Å². The molecule has 108 valence electrons. The van der Waals surface area contributed by atoms with Crippen LogP contribution in [0.1, 0.15) is 37.4 Å². The van der Waals surface area contributed by atoms with Gasteiger partial charge in [-0.3, -0.25) is 4.79 Å². The fourth-order valence-corrected chi connectivity index (χ4v) is 2.87. The van der Waals surface area contributed by atoms with Crippen molar-refractivity contribution in [2.45, 2.75) is 39.7 Å². The molecule has 1 N–H and O–H groups in total. The molecule has 0 fully saturated rings. The fourth-order valence-electron chi connectivity index (χ4n) is 2.17. The highest BCUT2D eigenvalue weighted by atomic mass is 32.1. The third-order valence-corrected chi connectivity index (χ3v) is 4.65. The molecule has 0 aliphatic rings. The van der Waals surface area contributed by atoms with Crippen LogP contribution >= 0.6 is 11.3 Å². The highest BCUT2D eigenvalue weighted by Gasteiger charge is 2.36. The van der Waals surface area contributed by atoms with Crippen molar-refractivity contribution in [3.8, 4) is 0 Å². The van der Waals surface area contributed by atoms with E-state index in [0.29, 0.717) is 31.6 Å². The predicted octanol–water partition coefficient (Wildman–Crippen LogP) is 2.22. The lowest BCUT2D eigenvalue weighted by Gasteiger charge is -2.26. The third kappa shape index (κ3) is 2.87. The van der Waals surface area contributed by atoms with Crippen LogP contribution in [0.4, 0.5) is 0 Å². The van der Waals surface area contributed by atoms with Gasteiger partial charge in [-0.1, -0.05) is 19.9 Å². The predicted molar refractivity (Wildman–Crippen MR) is 75.6 cm³/mol. The molecule has 0 aliphatic carbocycles.